The summed E-state index contributed by atoms with van der Waals surface area (Å²) in [4.78, 5) is 32.5. The van der Waals surface area contributed by atoms with Gasteiger partial charge in [-0.1, -0.05) is 53.5 Å². The van der Waals surface area contributed by atoms with Crippen LogP contribution in [0.25, 0.3) is 0 Å². The number of nitrogens with zero attached hydrogens (tertiary/aromatic N) is 3. The standard InChI is InChI=1S/C27H32Cl2N4O5S/c1-27(2,3)38-26(35)33-15-14-31-25(33)20-9-7-19(8-10-20)17-32(4)24(34)6-5-13-30-18-39(36,37)23-12-11-21(28)16-22(23)29/h5-12,16,30H,13-15,17-18H2,1-4H3/b6-5+. The highest BCUT2D eigenvalue weighted by Gasteiger charge is 2.29. The van der Waals surface area contributed by atoms with Crippen LogP contribution in [0.3, 0.4) is 0 Å². The van der Waals surface area contributed by atoms with Crippen molar-refractivity contribution in [2.75, 3.05) is 32.6 Å². The van der Waals surface area contributed by atoms with Crippen molar-refractivity contribution in [3.63, 3.8) is 0 Å². The van der Waals surface area contributed by atoms with Crippen LogP contribution in [-0.4, -0.2) is 74.2 Å². The molecule has 0 aliphatic carbocycles. The summed E-state index contributed by atoms with van der Waals surface area (Å²) < 4.78 is 30.4. The molecule has 1 N–H and O–H groups in total. The normalized spacial score (nSPS) is 14.0. The summed E-state index contributed by atoms with van der Waals surface area (Å²) >= 11 is 11.8. The molecule has 0 saturated heterocycles. The Bertz CT molecular complexity index is 1370. The third-order valence-corrected chi connectivity index (χ3v) is 7.78. The summed E-state index contributed by atoms with van der Waals surface area (Å²) in [5, 5.41) is 3.19. The van der Waals surface area contributed by atoms with Gasteiger partial charge in [0.15, 0.2) is 9.84 Å². The van der Waals surface area contributed by atoms with Crippen molar-refractivity contribution in [1.82, 2.24) is 15.1 Å². The molecule has 1 aliphatic heterocycles. The molecule has 2 aromatic rings. The van der Waals surface area contributed by atoms with Gasteiger partial charge in [0.05, 0.1) is 23.0 Å². The Hall–Kier alpha value is -2.92. The van der Waals surface area contributed by atoms with Crippen molar-refractivity contribution < 1.29 is 22.7 Å². The molecule has 2 aromatic carbocycles. The Morgan fingerprint density at radius 3 is 2.49 bits per heavy atom. The maximum atomic E-state index is 12.5. The first-order valence-electron chi connectivity index (χ1n) is 12.2. The summed E-state index contributed by atoms with van der Waals surface area (Å²) in [5.74, 6) is -0.0112. The second-order valence-corrected chi connectivity index (χ2v) is 12.7. The summed E-state index contributed by atoms with van der Waals surface area (Å²) in [6.07, 6.45) is 2.51. The zero-order valence-corrected chi connectivity index (χ0v) is 24.6. The number of carbonyl (C=O) groups is 2. The van der Waals surface area contributed by atoms with Gasteiger partial charge in [-0.15, -0.1) is 0 Å². The van der Waals surface area contributed by atoms with Crippen LogP contribution in [0.4, 0.5) is 4.79 Å². The molecule has 0 atom stereocenters. The molecule has 210 valence electrons. The number of hydrogen-bond donors (Lipinski definition) is 1. The van der Waals surface area contributed by atoms with Crippen LogP contribution < -0.4 is 5.32 Å². The number of nitrogens with one attached hydrogen (secondary N) is 1. The maximum Gasteiger partial charge on any atom is 0.416 e. The molecule has 2 amide bonds. The third kappa shape index (κ3) is 8.79. The average molecular weight is 596 g/mol. The second-order valence-electron chi connectivity index (χ2n) is 9.92. The van der Waals surface area contributed by atoms with Gasteiger partial charge in [-0.25, -0.2) is 13.2 Å². The van der Waals surface area contributed by atoms with E-state index in [-0.39, 0.29) is 28.2 Å². The van der Waals surface area contributed by atoms with Gasteiger partial charge in [-0.05, 0) is 44.5 Å². The fourth-order valence-corrected chi connectivity index (χ4v) is 5.60. The van der Waals surface area contributed by atoms with E-state index in [1.807, 2.05) is 45.0 Å². The van der Waals surface area contributed by atoms with Gasteiger partial charge in [-0.3, -0.25) is 20.0 Å². The quantitative estimate of drug-likeness (QED) is 0.337. The SMILES string of the molecule is CN(Cc1ccc(C2=NCCN2C(=O)OC(C)(C)C)cc1)C(=O)/C=C/CNCS(=O)(=O)c1ccc(Cl)cc1Cl. The predicted octanol–water partition coefficient (Wildman–Crippen LogP) is 4.53. The Morgan fingerprint density at radius 1 is 1.15 bits per heavy atom. The highest BCUT2D eigenvalue weighted by atomic mass is 35.5. The molecule has 0 spiro atoms. The summed E-state index contributed by atoms with van der Waals surface area (Å²) in [6, 6.07) is 11.7. The minimum atomic E-state index is -3.66. The molecule has 3 rings (SSSR count). The van der Waals surface area contributed by atoms with Crippen molar-refractivity contribution in [3.8, 4) is 0 Å². The molecule has 39 heavy (non-hydrogen) atoms. The lowest BCUT2D eigenvalue weighted by Gasteiger charge is -2.25. The molecular weight excluding hydrogens is 563 g/mol. The van der Waals surface area contributed by atoms with Gasteiger partial charge in [0.1, 0.15) is 17.3 Å². The van der Waals surface area contributed by atoms with Gasteiger partial charge in [0.2, 0.25) is 5.91 Å². The molecule has 0 fully saturated rings. The zero-order chi connectivity index (χ0) is 28.8. The summed E-state index contributed by atoms with van der Waals surface area (Å²) in [6.45, 7) is 6.97. The number of rotatable bonds is 9. The first-order valence-corrected chi connectivity index (χ1v) is 14.6. The maximum absolute atomic E-state index is 12.5. The number of aliphatic imine (C=N–C) groups is 1. The fraction of sp³-hybridized carbons (Fsp3) is 0.370. The molecule has 1 aliphatic rings. The molecule has 0 aromatic heterocycles. The van der Waals surface area contributed by atoms with Crippen LogP contribution in [0, 0.1) is 0 Å². The van der Waals surface area contributed by atoms with Crippen molar-refractivity contribution in [1.29, 1.82) is 0 Å². The molecular formula is C27H32Cl2N4O5S. The number of benzene rings is 2. The monoisotopic (exact) mass is 594 g/mol. The Kier molecular flexibility index (Phi) is 10.2. The molecule has 0 saturated carbocycles. The smallest absolute Gasteiger partial charge is 0.416 e. The van der Waals surface area contributed by atoms with Crippen molar-refractivity contribution in [2.24, 2.45) is 4.99 Å². The highest BCUT2D eigenvalue weighted by Crippen LogP contribution is 2.25. The zero-order valence-electron chi connectivity index (χ0n) is 22.3. The second kappa shape index (κ2) is 13.0. The Morgan fingerprint density at radius 2 is 1.85 bits per heavy atom. The Balaban J connectivity index is 1.49. The number of halogens is 2. The number of likely N-dealkylation sites (N-methyl/N-ethyl adjacent to an activating group) is 1. The van der Waals surface area contributed by atoms with Crippen LogP contribution in [0.5, 0.6) is 0 Å². The molecule has 1 heterocycles. The van der Waals surface area contributed by atoms with Crippen LogP contribution in [0.15, 0.2) is 64.5 Å². The van der Waals surface area contributed by atoms with E-state index in [4.69, 9.17) is 27.9 Å². The van der Waals surface area contributed by atoms with E-state index >= 15 is 0 Å². The number of ether oxygens (including phenoxy) is 1. The highest BCUT2D eigenvalue weighted by molar-refractivity contribution is 7.91. The summed E-state index contributed by atoms with van der Waals surface area (Å²) in [5.41, 5.74) is 1.09. The van der Waals surface area contributed by atoms with Crippen LogP contribution in [0.1, 0.15) is 31.9 Å². The van der Waals surface area contributed by atoms with Gasteiger partial charge < -0.3 is 9.64 Å². The molecule has 0 radical (unpaired) electrons. The van der Waals surface area contributed by atoms with Crippen molar-refractivity contribution >= 4 is 50.9 Å². The van der Waals surface area contributed by atoms with Gasteiger partial charge in [-0.2, -0.15) is 0 Å². The number of carbonyl (C=O) groups excluding carboxylic acids is 2. The third-order valence-electron chi connectivity index (χ3n) is 5.51. The van der Waals surface area contributed by atoms with E-state index in [9.17, 15) is 18.0 Å². The van der Waals surface area contributed by atoms with Crippen LogP contribution in [0.2, 0.25) is 10.0 Å². The largest absolute Gasteiger partial charge is 0.443 e. The van der Waals surface area contributed by atoms with Gasteiger partial charge in [0, 0.05) is 36.8 Å². The predicted molar refractivity (Wildman–Crippen MR) is 153 cm³/mol. The topological polar surface area (TPSA) is 108 Å². The number of sulfone groups is 1. The van der Waals surface area contributed by atoms with Gasteiger partial charge in [0.25, 0.3) is 0 Å². The lowest BCUT2D eigenvalue weighted by molar-refractivity contribution is -0.125. The van der Waals surface area contributed by atoms with Crippen molar-refractivity contribution in [3.05, 3.63) is 75.8 Å². The number of hydrogen-bond acceptors (Lipinski definition) is 7. The molecule has 0 bridgehead atoms. The fourth-order valence-electron chi connectivity index (χ4n) is 3.67. The van der Waals surface area contributed by atoms with E-state index < -0.39 is 21.5 Å². The van der Waals surface area contributed by atoms with E-state index in [2.05, 4.69) is 10.3 Å². The van der Waals surface area contributed by atoms with Crippen molar-refractivity contribution in [2.45, 2.75) is 37.8 Å². The molecule has 12 heteroatoms. The Labute approximate surface area is 239 Å². The van der Waals surface area contributed by atoms with Gasteiger partial charge >= 0.3 is 6.09 Å². The van der Waals surface area contributed by atoms with Crippen LogP contribution >= 0.6 is 23.2 Å². The van der Waals surface area contributed by atoms with E-state index in [1.54, 1.807) is 13.1 Å². The van der Waals surface area contributed by atoms with Crippen LogP contribution in [-0.2, 0) is 25.9 Å². The lowest BCUT2D eigenvalue weighted by Crippen LogP contribution is -2.39. The number of amidine groups is 1. The first kappa shape index (κ1) is 30.6. The van der Waals surface area contributed by atoms with E-state index in [0.29, 0.717) is 30.5 Å². The minimum Gasteiger partial charge on any atom is -0.443 e. The van der Waals surface area contributed by atoms with E-state index in [0.717, 1.165) is 11.1 Å². The molecule has 0 unspecified atom stereocenters. The minimum absolute atomic E-state index is 0.00979. The first-order chi connectivity index (χ1) is 18.3. The summed E-state index contributed by atoms with van der Waals surface area (Å²) in [7, 11) is -1.99. The average Bonchev–Trinajstić information content (AvgIpc) is 3.33. The molecule has 9 nitrogen and oxygen atoms in total. The van der Waals surface area contributed by atoms with E-state index in [1.165, 1.54) is 34.1 Å². The lowest BCUT2D eigenvalue weighted by atomic mass is 10.1. The number of amides is 2.